The SMILES string of the molecule is COc1cc[c-]c(-c2ccc([Si](C)(C)C)cn2)c1.[Ir].[c-]1ccc2c(oc3cc(-c4ccccc4)ccc32)c1-c1cc2ccccc2cn1. The molecule has 0 saturated heterocycles. The largest absolute Gasteiger partial charge is 0.516 e. The molecule has 8 rings (SSSR count). The molecule has 239 valence electrons. The van der Waals surface area contributed by atoms with Gasteiger partial charge < -0.3 is 19.1 Å². The maximum atomic E-state index is 6.34. The molecular weight excluding hydrogens is 785 g/mol. The van der Waals surface area contributed by atoms with Gasteiger partial charge in [-0.15, -0.1) is 48.0 Å². The molecule has 0 fully saturated rings. The van der Waals surface area contributed by atoms with Crippen molar-refractivity contribution in [3.8, 4) is 39.4 Å². The number of methoxy groups -OCH3 is 1. The molecule has 0 aliphatic rings. The third kappa shape index (κ3) is 6.88. The molecule has 1 radical (unpaired) electrons. The van der Waals surface area contributed by atoms with Crippen LogP contribution in [-0.4, -0.2) is 25.2 Å². The first-order valence-corrected chi connectivity index (χ1v) is 19.2. The van der Waals surface area contributed by atoms with E-state index in [1.165, 1.54) is 10.8 Å². The normalized spacial score (nSPS) is 11.2. The van der Waals surface area contributed by atoms with Crippen molar-refractivity contribution >= 4 is 46.0 Å². The maximum absolute atomic E-state index is 6.34. The van der Waals surface area contributed by atoms with Gasteiger partial charge in [0.15, 0.2) is 0 Å². The molecule has 0 saturated carbocycles. The Labute approximate surface area is 295 Å². The Hall–Kier alpha value is -4.87. The van der Waals surface area contributed by atoms with E-state index >= 15 is 0 Å². The average Bonchev–Trinajstić information content (AvgIpc) is 3.50. The van der Waals surface area contributed by atoms with Crippen LogP contribution in [-0.2, 0) is 20.1 Å². The van der Waals surface area contributed by atoms with Gasteiger partial charge in [0.2, 0.25) is 0 Å². The molecule has 0 spiro atoms. The van der Waals surface area contributed by atoms with Gasteiger partial charge in [0.25, 0.3) is 0 Å². The fourth-order valence-electron chi connectivity index (χ4n) is 5.68. The fourth-order valence-corrected chi connectivity index (χ4v) is 6.71. The molecular formula is C42H34IrN2O2Si-2. The van der Waals surface area contributed by atoms with Crippen LogP contribution in [0.3, 0.4) is 0 Å². The quantitative estimate of drug-likeness (QED) is 0.128. The molecule has 0 unspecified atom stereocenters. The van der Waals surface area contributed by atoms with Crippen LogP contribution in [0.25, 0.3) is 66.4 Å². The topological polar surface area (TPSA) is 48.2 Å². The summed E-state index contributed by atoms with van der Waals surface area (Å²) in [6, 6.07) is 47.6. The minimum atomic E-state index is -1.27. The Balaban J connectivity index is 0.000000183. The number of pyridine rings is 2. The zero-order chi connectivity index (χ0) is 32.4. The summed E-state index contributed by atoms with van der Waals surface area (Å²) in [6.45, 7) is 6.96. The van der Waals surface area contributed by atoms with E-state index in [1.54, 1.807) is 7.11 Å². The van der Waals surface area contributed by atoms with Gasteiger partial charge in [-0.1, -0.05) is 116 Å². The van der Waals surface area contributed by atoms with Crippen LogP contribution in [0.4, 0.5) is 0 Å². The van der Waals surface area contributed by atoms with E-state index in [2.05, 4.69) is 121 Å². The van der Waals surface area contributed by atoms with Crippen LogP contribution in [0.2, 0.25) is 19.6 Å². The van der Waals surface area contributed by atoms with Crippen LogP contribution < -0.4 is 9.92 Å². The zero-order valence-electron chi connectivity index (χ0n) is 27.2. The van der Waals surface area contributed by atoms with E-state index in [9.17, 15) is 0 Å². The number of rotatable bonds is 5. The number of nitrogens with zero attached hydrogens (tertiary/aromatic N) is 2. The minimum Gasteiger partial charge on any atom is -0.516 e. The molecule has 0 bridgehead atoms. The second-order valence-corrected chi connectivity index (χ2v) is 17.6. The summed E-state index contributed by atoms with van der Waals surface area (Å²) in [4.78, 5) is 9.21. The van der Waals surface area contributed by atoms with Gasteiger partial charge in [0, 0.05) is 43.6 Å². The third-order valence-electron chi connectivity index (χ3n) is 8.34. The molecule has 4 nitrogen and oxygen atoms in total. The zero-order valence-corrected chi connectivity index (χ0v) is 30.6. The second kappa shape index (κ2) is 14.1. The number of benzene rings is 5. The van der Waals surface area contributed by atoms with Gasteiger partial charge in [-0.05, 0) is 44.5 Å². The maximum Gasteiger partial charge on any atom is 0.121 e. The monoisotopic (exact) mass is 819 g/mol. The summed E-state index contributed by atoms with van der Waals surface area (Å²) >= 11 is 0. The second-order valence-electron chi connectivity index (χ2n) is 12.5. The molecule has 0 atom stereocenters. The Morgan fingerprint density at radius 1 is 0.646 bits per heavy atom. The fraction of sp³-hybridized carbons (Fsp3) is 0.0952. The van der Waals surface area contributed by atoms with Gasteiger partial charge >= 0.3 is 0 Å². The number of hydrogen-bond donors (Lipinski definition) is 0. The standard InChI is InChI=1S/C27H16NO.C15H18NOSi.Ir/c1-2-7-18(8-3-1)20-13-14-22-23-11-6-12-24(27(23)29-26(22)16-20)25-15-19-9-4-5-10-21(19)17-28-25;1-17-13-7-5-6-12(10-13)15-9-8-14(11-16-15)18(2,3)4;/h1-11,13-17H;5,7-11H,1-4H3;/q2*-1;. The molecule has 0 N–H and O–H groups in total. The van der Waals surface area contributed by atoms with Crippen LogP contribution in [0.1, 0.15) is 0 Å². The summed E-state index contributed by atoms with van der Waals surface area (Å²) < 4.78 is 11.6. The molecule has 0 aliphatic carbocycles. The summed E-state index contributed by atoms with van der Waals surface area (Å²) in [5, 5.41) is 5.85. The summed E-state index contributed by atoms with van der Waals surface area (Å²) in [7, 11) is 0.395. The first kappa shape index (κ1) is 33.0. The summed E-state index contributed by atoms with van der Waals surface area (Å²) in [5.74, 6) is 0.833. The van der Waals surface area contributed by atoms with Crippen molar-refractivity contribution in [1.82, 2.24) is 9.97 Å². The number of aromatic nitrogens is 2. The predicted octanol–water partition coefficient (Wildman–Crippen LogP) is 10.4. The van der Waals surface area contributed by atoms with E-state index in [0.29, 0.717) is 0 Å². The number of fused-ring (bicyclic) bond motifs is 4. The Morgan fingerprint density at radius 3 is 2.15 bits per heavy atom. The van der Waals surface area contributed by atoms with Gasteiger partial charge in [-0.3, -0.25) is 0 Å². The van der Waals surface area contributed by atoms with Crippen LogP contribution >= 0.6 is 0 Å². The van der Waals surface area contributed by atoms with Gasteiger partial charge in [0.05, 0.1) is 20.8 Å². The first-order chi connectivity index (χ1) is 22.9. The molecule has 8 aromatic rings. The van der Waals surface area contributed by atoms with Gasteiger partial charge in [-0.2, -0.15) is 0 Å². The molecule has 3 aromatic heterocycles. The Morgan fingerprint density at radius 2 is 1.40 bits per heavy atom. The molecule has 48 heavy (non-hydrogen) atoms. The first-order valence-electron chi connectivity index (χ1n) is 15.7. The van der Waals surface area contributed by atoms with Crippen LogP contribution in [0.15, 0.2) is 138 Å². The number of hydrogen-bond acceptors (Lipinski definition) is 4. The van der Waals surface area contributed by atoms with Crippen molar-refractivity contribution in [3.05, 3.63) is 146 Å². The van der Waals surface area contributed by atoms with Crippen molar-refractivity contribution in [2.24, 2.45) is 0 Å². The number of furan rings is 1. The summed E-state index contributed by atoms with van der Waals surface area (Å²) in [5.41, 5.74) is 7.71. The van der Waals surface area contributed by atoms with Crippen molar-refractivity contribution < 1.29 is 29.3 Å². The van der Waals surface area contributed by atoms with E-state index in [-0.39, 0.29) is 20.1 Å². The van der Waals surface area contributed by atoms with E-state index in [4.69, 9.17) is 9.15 Å². The van der Waals surface area contributed by atoms with E-state index < -0.39 is 8.07 Å². The van der Waals surface area contributed by atoms with Gasteiger partial charge in [-0.25, -0.2) is 0 Å². The molecule has 0 amide bonds. The van der Waals surface area contributed by atoms with Crippen molar-refractivity contribution in [3.63, 3.8) is 0 Å². The van der Waals surface area contributed by atoms with Gasteiger partial charge in [0.1, 0.15) is 5.58 Å². The third-order valence-corrected chi connectivity index (χ3v) is 10.4. The Bertz CT molecular complexity index is 2330. The number of ether oxygens (including phenoxy) is 1. The van der Waals surface area contributed by atoms with Crippen molar-refractivity contribution in [1.29, 1.82) is 0 Å². The van der Waals surface area contributed by atoms with Crippen LogP contribution in [0, 0.1) is 12.1 Å². The molecule has 6 heteroatoms. The molecule has 5 aromatic carbocycles. The van der Waals surface area contributed by atoms with Crippen molar-refractivity contribution in [2.45, 2.75) is 19.6 Å². The van der Waals surface area contributed by atoms with E-state index in [0.717, 1.165) is 66.5 Å². The minimum absolute atomic E-state index is 0. The van der Waals surface area contributed by atoms with Crippen LogP contribution in [0.5, 0.6) is 5.75 Å². The average molecular weight is 819 g/mol. The molecule has 3 heterocycles. The molecule has 0 aliphatic heterocycles. The predicted molar refractivity (Wildman–Crippen MR) is 197 cm³/mol. The van der Waals surface area contributed by atoms with E-state index in [1.807, 2.05) is 54.9 Å². The Kier molecular flexibility index (Phi) is 9.70. The van der Waals surface area contributed by atoms with Crippen molar-refractivity contribution in [2.75, 3.05) is 7.11 Å². The smallest absolute Gasteiger partial charge is 0.121 e. The summed E-state index contributed by atoms with van der Waals surface area (Å²) in [6.07, 6.45) is 3.91.